The predicted molar refractivity (Wildman–Crippen MR) is 72.8 cm³/mol. The largest absolute Gasteiger partial charge is 2.00 e. The van der Waals surface area contributed by atoms with E-state index in [2.05, 4.69) is 41.5 Å². The Balaban J connectivity index is 0. The van der Waals surface area contributed by atoms with Gasteiger partial charge in [-0.1, -0.05) is 41.5 Å². The number of rotatable bonds is 2. The fourth-order valence-electron chi connectivity index (χ4n) is 1.75. The third kappa shape index (κ3) is 6.66. The molecule has 0 aromatic rings. The first-order valence-corrected chi connectivity index (χ1v) is 5.89. The summed E-state index contributed by atoms with van der Waals surface area (Å²) in [6, 6.07) is 0. The Hall–Kier alpha value is 0.583. The average molecular weight is 333 g/mol. The Bertz CT molecular complexity index is 152. The summed E-state index contributed by atoms with van der Waals surface area (Å²) in [7, 11) is 0. The van der Waals surface area contributed by atoms with Crippen molar-refractivity contribution < 1.29 is 24.6 Å². The van der Waals surface area contributed by atoms with Gasteiger partial charge >= 0.3 is 19.5 Å². The molecule has 0 atom stereocenters. The molecule has 0 saturated heterocycles. The van der Waals surface area contributed by atoms with Crippen molar-refractivity contribution in [2.45, 2.75) is 48.5 Å². The summed E-state index contributed by atoms with van der Waals surface area (Å²) >= 11 is 0. The van der Waals surface area contributed by atoms with Crippen LogP contribution in [0.5, 0.6) is 0 Å². The van der Waals surface area contributed by atoms with Gasteiger partial charge in [0, 0.05) is 6.42 Å². The molecule has 0 unspecified atom stereocenters. The second kappa shape index (κ2) is 9.48. The maximum Gasteiger partial charge on any atom is 2.00 e. The molecule has 2 heteroatoms. The van der Waals surface area contributed by atoms with Crippen LogP contribution < -0.4 is 0 Å². The van der Waals surface area contributed by atoms with Gasteiger partial charge in [-0.05, 0) is 49.4 Å². The van der Waals surface area contributed by atoms with E-state index in [9.17, 15) is 5.11 Å². The molecular weight excluding hydrogens is 309 g/mol. The summed E-state index contributed by atoms with van der Waals surface area (Å²) in [6.45, 7) is 17.8. The molecule has 1 aliphatic carbocycles. The van der Waals surface area contributed by atoms with Crippen molar-refractivity contribution in [2.24, 2.45) is 0 Å². The van der Waals surface area contributed by atoms with Crippen LogP contribution in [0.2, 0.25) is 0 Å². The monoisotopic (exact) mass is 334 g/mol. The van der Waals surface area contributed by atoms with Gasteiger partial charge in [-0.2, -0.15) is 0 Å². The summed E-state index contributed by atoms with van der Waals surface area (Å²) in [6.07, 6.45) is 1.56. The molecule has 0 amide bonds. The van der Waals surface area contributed by atoms with Crippen LogP contribution in [0.25, 0.3) is 0 Å². The summed E-state index contributed by atoms with van der Waals surface area (Å²) in [5, 5.41) is 10.1. The first-order valence-electron chi connectivity index (χ1n) is 5.89. The van der Waals surface area contributed by atoms with Crippen LogP contribution in [-0.2, 0) is 24.6 Å². The van der Waals surface area contributed by atoms with Crippen LogP contribution in [0.1, 0.15) is 48.5 Å². The molecule has 1 rings (SSSR count). The molecule has 0 N–H and O–H groups in total. The molecule has 0 aromatic heterocycles. The Kier molecular flexibility index (Phi) is 11.0. The van der Waals surface area contributed by atoms with Gasteiger partial charge in [-0.25, -0.2) is 5.11 Å². The van der Waals surface area contributed by atoms with Gasteiger partial charge in [-0.3, -0.25) is 0 Å². The zero-order valence-electron chi connectivity index (χ0n) is 12.5. The Morgan fingerprint density at radius 3 is 1.11 bits per heavy atom. The van der Waals surface area contributed by atoms with Crippen molar-refractivity contribution in [3.8, 4) is 0 Å². The molecule has 0 bridgehead atoms. The molecule has 0 spiro atoms. The molecule has 0 heterocycles. The van der Waals surface area contributed by atoms with Crippen LogP contribution >= 0.6 is 0 Å². The minimum atomic E-state index is 0. The van der Waals surface area contributed by atoms with E-state index in [0.29, 0.717) is 0 Å². The van der Waals surface area contributed by atoms with Gasteiger partial charge in [0.2, 0.25) is 0 Å². The molecule has 10 radical (unpaired) electrons. The van der Waals surface area contributed by atoms with Crippen molar-refractivity contribution in [1.29, 1.82) is 0 Å². The smallest absolute Gasteiger partial charge is 0.226 e. The van der Waals surface area contributed by atoms with Gasteiger partial charge in [0.15, 0.2) is 0 Å². The third-order valence-corrected chi connectivity index (χ3v) is 3.26. The molecule has 1 saturated carbocycles. The maximum absolute atomic E-state index is 10.1. The zero-order chi connectivity index (χ0) is 13.7. The molecule has 100 valence electrons. The van der Waals surface area contributed by atoms with Crippen LogP contribution in [-0.4, -0.2) is 0 Å². The van der Waals surface area contributed by atoms with E-state index in [-0.39, 0.29) is 25.6 Å². The van der Waals surface area contributed by atoms with E-state index in [1.807, 2.05) is 0 Å². The van der Waals surface area contributed by atoms with Crippen molar-refractivity contribution in [2.75, 3.05) is 0 Å². The van der Waals surface area contributed by atoms with Gasteiger partial charge in [-0.15, -0.1) is 0 Å². The molecule has 1 nitrogen and oxygen atoms in total. The normalized spacial score (nSPS) is 20.2. The summed E-state index contributed by atoms with van der Waals surface area (Å²) < 4.78 is 0. The first kappa shape index (κ1) is 20.9. The number of hydrogen-bond donors (Lipinski definition) is 0. The SMILES string of the molecule is C[C]1[C](C)[C](C)[C](C)[C]1C.[CH2][C](C)[CH][C](C)[O].[Ru+2]. The molecule has 0 aliphatic heterocycles. The van der Waals surface area contributed by atoms with E-state index in [1.54, 1.807) is 6.92 Å². The molecule has 0 aromatic carbocycles. The quantitative estimate of drug-likeness (QED) is 0.660. The van der Waals surface area contributed by atoms with Gasteiger partial charge in [0.1, 0.15) is 6.10 Å². The topological polar surface area (TPSA) is 19.9 Å². The average Bonchev–Trinajstić information content (AvgIpc) is 2.35. The minimum Gasteiger partial charge on any atom is -0.226 e. The molecule has 1 fully saturated rings. The summed E-state index contributed by atoms with van der Waals surface area (Å²) in [5.74, 6) is 8.15. The second-order valence-electron chi connectivity index (χ2n) is 4.73. The van der Waals surface area contributed by atoms with Crippen LogP contribution in [0, 0.1) is 55.0 Å². The minimum absolute atomic E-state index is 0. The second-order valence-corrected chi connectivity index (χ2v) is 4.73. The van der Waals surface area contributed by atoms with Crippen molar-refractivity contribution in [3.63, 3.8) is 0 Å². The Labute approximate surface area is 128 Å². The van der Waals surface area contributed by atoms with Gasteiger partial charge in [0.25, 0.3) is 0 Å². The van der Waals surface area contributed by atoms with E-state index >= 15 is 0 Å². The van der Waals surface area contributed by atoms with E-state index in [4.69, 9.17) is 0 Å². The van der Waals surface area contributed by atoms with Crippen molar-refractivity contribution in [1.82, 2.24) is 0 Å². The van der Waals surface area contributed by atoms with Crippen LogP contribution in [0.4, 0.5) is 0 Å². The van der Waals surface area contributed by atoms with E-state index < -0.39 is 0 Å². The fourth-order valence-corrected chi connectivity index (χ4v) is 1.75. The van der Waals surface area contributed by atoms with E-state index in [0.717, 1.165) is 5.92 Å². The van der Waals surface area contributed by atoms with Crippen molar-refractivity contribution >= 4 is 0 Å². The Morgan fingerprint density at radius 2 is 1.06 bits per heavy atom. The standard InChI is InChI=1S/C10H15.C6H9O.Ru/c1-6-7(2)9(4)10(5)8(6)3;1-5(2)4-6(3)7;/h1-5H3;4H,1H2,2-3H3;/q;;+2. The van der Waals surface area contributed by atoms with Crippen molar-refractivity contribution in [3.05, 3.63) is 55.0 Å². The molecule has 1 aliphatic rings. The Morgan fingerprint density at radius 1 is 0.833 bits per heavy atom. The van der Waals surface area contributed by atoms with E-state index in [1.165, 1.54) is 42.9 Å². The predicted octanol–water partition coefficient (Wildman–Crippen LogP) is 4.57. The van der Waals surface area contributed by atoms with Crippen LogP contribution in [0.3, 0.4) is 0 Å². The van der Waals surface area contributed by atoms with Crippen LogP contribution in [0.15, 0.2) is 0 Å². The summed E-state index contributed by atoms with van der Waals surface area (Å²) in [5.41, 5.74) is 0. The molecular formula is C16H24ORu+2. The molecule has 18 heavy (non-hydrogen) atoms. The maximum atomic E-state index is 10.1. The summed E-state index contributed by atoms with van der Waals surface area (Å²) in [4.78, 5) is 0. The van der Waals surface area contributed by atoms with Gasteiger partial charge in [0.05, 0.1) is 0 Å². The number of hydrogen-bond acceptors (Lipinski definition) is 0. The third-order valence-electron chi connectivity index (χ3n) is 3.26. The van der Waals surface area contributed by atoms with Gasteiger partial charge < -0.3 is 0 Å². The fraction of sp³-hybridized carbons (Fsp3) is 0.438. The first-order chi connectivity index (χ1) is 7.68. The zero-order valence-corrected chi connectivity index (χ0v) is 14.3.